The predicted molar refractivity (Wildman–Crippen MR) is 62.6 cm³/mol. The highest BCUT2D eigenvalue weighted by Crippen LogP contribution is 2.17. The van der Waals surface area contributed by atoms with Crippen molar-refractivity contribution in [2.75, 3.05) is 7.11 Å². The van der Waals surface area contributed by atoms with Gasteiger partial charge in [-0.2, -0.15) is 0 Å². The molecule has 88 valence electrons. The monoisotopic (exact) mass is 222 g/mol. The third kappa shape index (κ3) is 3.62. The normalized spacial score (nSPS) is 12.2. The molecule has 0 aliphatic heterocycles. The van der Waals surface area contributed by atoms with Crippen LogP contribution in [0.5, 0.6) is 5.75 Å². The summed E-state index contributed by atoms with van der Waals surface area (Å²) in [5.41, 5.74) is 6.03. The zero-order chi connectivity index (χ0) is 12.0. The van der Waals surface area contributed by atoms with Crippen molar-refractivity contribution in [1.82, 2.24) is 4.98 Å². The van der Waals surface area contributed by atoms with Crippen molar-refractivity contribution in [2.45, 2.75) is 32.2 Å². The van der Waals surface area contributed by atoms with Crippen LogP contribution in [0, 0.1) is 0 Å². The standard InChI is InChI=1S/C12H18N2O2/c1-9(13)5-3-6-10(15)12-11(16-2)7-4-8-14-12/h4,7-9H,3,5-6,13H2,1-2H3. The van der Waals surface area contributed by atoms with Crippen molar-refractivity contribution in [2.24, 2.45) is 5.73 Å². The summed E-state index contributed by atoms with van der Waals surface area (Å²) in [5, 5.41) is 0. The number of carbonyl (C=O) groups excluding carboxylic acids is 1. The van der Waals surface area contributed by atoms with Crippen LogP contribution < -0.4 is 10.5 Å². The Balaban J connectivity index is 2.59. The molecule has 1 heterocycles. The SMILES string of the molecule is COc1cccnc1C(=O)CCCC(C)N. The lowest BCUT2D eigenvalue weighted by Gasteiger charge is -2.06. The highest BCUT2D eigenvalue weighted by molar-refractivity contribution is 5.96. The van der Waals surface area contributed by atoms with Crippen molar-refractivity contribution in [3.05, 3.63) is 24.0 Å². The van der Waals surface area contributed by atoms with Crippen molar-refractivity contribution < 1.29 is 9.53 Å². The molecule has 0 aromatic carbocycles. The second-order valence-corrected chi connectivity index (χ2v) is 3.85. The van der Waals surface area contributed by atoms with Gasteiger partial charge in [0.1, 0.15) is 11.4 Å². The molecule has 0 saturated carbocycles. The van der Waals surface area contributed by atoms with E-state index in [1.807, 2.05) is 6.92 Å². The fraction of sp³-hybridized carbons (Fsp3) is 0.500. The van der Waals surface area contributed by atoms with Crippen LogP contribution >= 0.6 is 0 Å². The van der Waals surface area contributed by atoms with E-state index in [9.17, 15) is 4.79 Å². The molecule has 0 spiro atoms. The Morgan fingerprint density at radius 2 is 2.38 bits per heavy atom. The molecule has 0 radical (unpaired) electrons. The lowest BCUT2D eigenvalue weighted by molar-refractivity contribution is 0.0971. The van der Waals surface area contributed by atoms with Crippen LogP contribution in [0.4, 0.5) is 0 Å². The van der Waals surface area contributed by atoms with E-state index in [0.717, 1.165) is 12.8 Å². The number of hydrogen-bond donors (Lipinski definition) is 1. The molecular weight excluding hydrogens is 204 g/mol. The summed E-state index contributed by atoms with van der Waals surface area (Å²) in [6.07, 6.45) is 3.70. The van der Waals surface area contributed by atoms with Crippen LogP contribution in [0.2, 0.25) is 0 Å². The summed E-state index contributed by atoms with van der Waals surface area (Å²) in [6, 6.07) is 3.63. The summed E-state index contributed by atoms with van der Waals surface area (Å²) in [7, 11) is 1.54. The first-order chi connectivity index (χ1) is 7.65. The molecule has 0 fully saturated rings. The minimum Gasteiger partial charge on any atom is -0.494 e. The molecule has 16 heavy (non-hydrogen) atoms. The van der Waals surface area contributed by atoms with Gasteiger partial charge < -0.3 is 10.5 Å². The molecule has 4 nitrogen and oxygen atoms in total. The number of Topliss-reactive ketones (excluding diaryl/α,β-unsaturated/α-hetero) is 1. The lowest BCUT2D eigenvalue weighted by atomic mass is 10.1. The Bertz CT molecular complexity index is 351. The largest absolute Gasteiger partial charge is 0.494 e. The fourth-order valence-electron chi connectivity index (χ4n) is 1.47. The van der Waals surface area contributed by atoms with Crippen molar-refractivity contribution in [3.63, 3.8) is 0 Å². The van der Waals surface area contributed by atoms with E-state index in [2.05, 4.69) is 4.98 Å². The Labute approximate surface area is 95.8 Å². The number of nitrogens with two attached hydrogens (primary N) is 1. The van der Waals surface area contributed by atoms with Gasteiger partial charge in [-0.05, 0) is 31.9 Å². The van der Waals surface area contributed by atoms with Gasteiger partial charge in [-0.15, -0.1) is 0 Å². The van der Waals surface area contributed by atoms with Crippen LogP contribution in [0.15, 0.2) is 18.3 Å². The van der Waals surface area contributed by atoms with Crippen LogP contribution in [-0.2, 0) is 0 Å². The Hall–Kier alpha value is -1.42. The first kappa shape index (κ1) is 12.6. The van der Waals surface area contributed by atoms with Crippen LogP contribution in [-0.4, -0.2) is 23.9 Å². The summed E-state index contributed by atoms with van der Waals surface area (Å²) in [6.45, 7) is 1.94. The zero-order valence-electron chi connectivity index (χ0n) is 9.77. The van der Waals surface area contributed by atoms with Crippen molar-refractivity contribution >= 4 is 5.78 Å². The maximum Gasteiger partial charge on any atom is 0.184 e. The van der Waals surface area contributed by atoms with E-state index in [0.29, 0.717) is 17.9 Å². The van der Waals surface area contributed by atoms with Gasteiger partial charge in [-0.3, -0.25) is 4.79 Å². The van der Waals surface area contributed by atoms with Gasteiger partial charge in [0.15, 0.2) is 5.78 Å². The Morgan fingerprint density at radius 1 is 1.62 bits per heavy atom. The number of pyridine rings is 1. The number of carbonyl (C=O) groups is 1. The van der Waals surface area contributed by atoms with E-state index < -0.39 is 0 Å². The number of hydrogen-bond acceptors (Lipinski definition) is 4. The van der Waals surface area contributed by atoms with Gasteiger partial charge in [0.25, 0.3) is 0 Å². The number of rotatable bonds is 6. The number of ether oxygens (including phenoxy) is 1. The van der Waals surface area contributed by atoms with Gasteiger partial charge in [0, 0.05) is 18.7 Å². The molecule has 2 N–H and O–H groups in total. The number of ketones is 1. The van der Waals surface area contributed by atoms with Crippen LogP contribution in [0.1, 0.15) is 36.7 Å². The van der Waals surface area contributed by atoms with Crippen molar-refractivity contribution in [3.8, 4) is 5.75 Å². The van der Waals surface area contributed by atoms with Gasteiger partial charge in [0.05, 0.1) is 7.11 Å². The molecule has 0 saturated heterocycles. The lowest BCUT2D eigenvalue weighted by Crippen LogP contribution is -2.15. The number of nitrogens with zero attached hydrogens (tertiary/aromatic N) is 1. The van der Waals surface area contributed by atoms with Gasteiger partial charge in [0.2, 0.25) is 0 Å². The van der Waals surface area contributed by atoms with Crippen LogP contribution in [0.25, 0.3) is 0 Å². The fourth-order valence-corrected chi connectivity index (χ4v) is 1.47. The minimum absolute atomic E-state index is 0.0121. The molecule has 1 atom stereocenters. The predicted octanol–water partition coefficient (Wildman–Crippen LogP) is 1.79. The van der Waals surface area contributed by atoms with E-state index >= 15 is 0 Å². The second kappa shape index (κ2) is 6.23. The molecule has 0 amide bonds. The highest BCUT2D eigenvalue weighted by Gasteiger charge is 2.12. The first-order valence-corrected chi connectivity index (χ1v) is 5.43. The zero-order valence-corrected chi connectivity index (χ0v) is 9.77. The molecule has 1 rings (SSSR count). The van der Waals surface area contributed by atoms with Gasteiger partial charge in [-0.1, -0.05) is 0 Å². The van der Waals surface area contributed by atoms with Crippen molar-refractivity contribution in [1.29, 1.82) is 0 Å². The third-order valence-electron chi connectivity index (χ3n) is 2.32. The molecule has 1 aromatic rings. The van der Waals surface area contributed by atoms with E-state index in [4.69, 9.17) is 10.5 Å². The quantitative estimate of drug-likeness (QED) is 0.745. The van der Waals surface area contributed by atoms with Gasteiger partial charge >= 0.3 is 0 Å². The summed E-state index contributed by atoms with van der Waals surface area (Å²) in [5.74, 6) is 0.548. The Morgan fingerprint density at radius 3 is 3.00 bits per heavy atom. The molecule has 1 unspecified atom stereocenters. The molecule has 1 aromatic heterocycles. The minimum atomic E-state index is 0.0121. The average molecular weight is 222 g/mol. The second-order valence-electron chi connectivity index (χ2n) is 3.85. The Kier molecular flexibility index (Phi) is 4.92. The summed E-state index contributed by atoms with van der Waals surface area (Å²) in [4.78, 5) is 15.9. The van der Waals surface area contributed by atoms with E-state index in [-0.39, 0.29) is 11.8 Å². The topological polar surface area (TPSA) is 65.2 Å². The van der Waals surface area contributed by atoms with Gasteiger partial charge in [-0.25, -0.2) is 4.98 Å². The molecule has 0 aliphatic carbocycles. The first-order valence-electron chi connectivity index (χ1n) is 5.43. The molecule has 0 bridgehead atoms. The third-order valence-corrected chi connectivity index (χ3v) is 2.32. The number of methoxy groups -OCH3 is 1. The molecule has 4 heteroatoms. The summed E-state index contributed by atoms with van der Waals surface area (Å²) >= 11 is 0. The van der Waals surface area contributed by atoms with E-state index in [1.54, 1.807) is 18.3 Å². The maximum absolute atomic E-state index is 11.8. The van der Waals surface area contributed by atoms with E-state index in [1.165, 1.54) is 7.11 Å². The average Bonchev–Trinajstić information content (AvgIpc) is 2.28. The highest BCUT2D eigenvalue weighted by atomic mass is 16.5. The number of aromatic nitrogens is 1. The van der Waals surface area contributed by atoms with Crippen LogP contribution in [0.3, 0.4) is 0 Å². The summed E-state index contributed by atoms with van der Waals surface area (Å²) < 4.78 is 5.09. The smallest absolute Gasteiger partial charge is 0.184 e. The molecule has 0 aliphatic rings. The maximum atomic E-state index is 11.8. The molecular formula is C12H18N2O2.